The SMILES string of the molecule is CCN(c1ccccc1)S(=O)(=O)c1cc(NC(=O)Cn2c(=O)n(C)c3ccccc32)ccc1Cl. The van der Waals surface area contributed by atoms with Gasteiger partial charge in [-0.2, -0.15) is 0 Å². The number of hydrogen-bond acceptors (Lipinski definition) is 4. The minimum atomic E-state index is -3.99. The summed E-state index contributed by atoms with van der Waals surface area (Å²) >= 11 is 6.26. The van der Waals surface area contributed by atoms with Crippen molar-refractivity contribution in [3.05, 3.63) is 88.3 Å². The molecule has 0 aliphatic carbocycles. The zero-order valence-corrected chi connectivity index (χ0v) is 20.2. The first-order chi connectivity index (χ1) is 16.2. The highest BCUT2D eigenvalue weighted by Gasteiger charge is 2.26. The second-order valence-electron chi connectivity index (χ2n) is 7.62. The molecule has 0 spiro atoms. The van der Waals surface area contributed by atoms with Crippen molar-refractivity contribution < 1.29 is 13.2 Å². The fourth-order valence-corrected chi connectivity index (χ4v) is 5.82. The lowest BCUT2D eigenvalue weighted by atomic mass is 10.3. The van der Waals surface area contributed by atoms with Gasteiger partial charge in [-0.05, 0) is 49.4 Å². The number of fused-ring (bicyclic) bond motifs is 1. The average molecular weight is 499 g/mol. The van der Waals surface area contributed by atoms with Gasteiger partial charge in [0.1, 0.15) is 11.4 Å². The summed E-state index contributed by atoms with van der Waals surface area (Å²) in [6.45, 7) is 1.70. The number of imidazole rings is 1. The van der Waals surface area contributed by atoms with Crippen molar-refractivity contribution in [3.63, 3.8) is 0 Å². The van der Waals surface area contributed by atoms with Gasteiger partial charge in [-0.3, -0.25) is 18.2 Å². The summed E-state index contributed by atoms with van der Waals surface area (Å²) in [5, 5.41) is 2.72. The number of amides is 1. The van der Waals surface area contributed by atoms with Crippen LogP contribution in [0.3, 0.4) is 0 Å². The minimum Gasteiger partial charge on any atom is -0.324 e. The van der Waals surface area contributed by atoms with Crippen molar-refractivity contribution in [2.24, 2.45) is 7.05 Å². The van der Waals surface area contributed by atoms with Crippen molar-refractivity contribution in [2.75, 3.05) is 16.2 Å². The molecule has 0 radical (unpaired) electrons. The number of carbonyl (C=O) groups is 1. The zero-order valence-electron chi connectivity index (χ0n) is 18.6. The van der Waals surface area contributed by atoms with Gasteiger partial charge < -0.3 is 5.32 Å². The molecule has 8 nitrogen and oxygen atoms in total. The predicted octanol–water partition coefficient (Wildman–Crippen LogP) is 3.85. The van der Waals surface area contributed by atoms with Crippen LogP contribution in [0.4, 0.5) is 11.4 Å². The van der Waals surface area contributed by atoms with Gasteiger partial charge in [0, 0.05) is 19.3 Å². The highest BCUT2D eigenvalue weighted by Crippen LogP contribution is 2.30. The van der Waals surface area contributed by atoms with E-state index in [9.17, 15) is 18.0 Å². The third-order valence-corrected chi connectivity index (χ3v) is 7.85. The predicted molar refractivity (Wildman–Crippen MR) is 134 cm³/mol. The molecular formula is C24H23ClN4O4S. The Labute approximate surface area is 202 Å². The van der Waals surface area contributed by atoms with E-state index in [1.54, 1.807) is 62.5 Å². The molecule has 0 atom stereocenters. The van der Waals surface area contributed by atoms with E-state index >= 15 is 0 Å². The van der Waals surface area contributed by atoms with E-state index in [-0.39, 0.29) is 34.4 Å². The molecule has 4 rings (SSSR count). The molecule has 0 bridgehead atoms. The average Bonchev–Trinajstić information content (AvgIpc) is 3.06. The van der Waals surface area contributed by atoms with E-state index in [1.165, 1.54) is 31.6 Å². The van der Waals surface area contributed by atoms with Crippen LogP contribution in [0.2, 0.25) is 5.02 Å². The van der Waals surface area contributed by atoms with Gasteiger partial charge in [-0.1, -0.05) is 41.9 Å². The van der Waals surface area contributed by atoms with Crippen molar-refractivity contribution >= 4 is 49.9 Å². The molecule has 0 saturated heterocycles. The van der Waals surface area contributed by atoms with Crippen LogP contribution < -0.4 is 15.3 Å². The van der Waals surface area contributed by atoms with Crippen LogP contribution in [-0.4, -0.2) is 30.0 Å². The van der Waals surface area contributed by atoms with Crippen LogP contribution in [0.25, 0.3) is 11.0 Å². The number of anilines is 2. The first-order valence-corrected chi connectivity index (χ1v) is 12.4. The Balaban J connectivity index is 1.62. The summed E-state index contributed by atoms with van der Waals surface area (Å²) in [4.78, 5) is 25.2. The summed E-state index contributed by atoms with van der Waals surface area (Å²) in [5.74, 6) is -0.473. The Kier molecular flexibility index (Phi) is 6.49. The van der Waals surface area contributed by atoms with Crippen LogP contribution in [0, 0.1) is 0 Å². The van der Waals surface area contributed by atoms with Crippen molar-refractivity contribution in [1.82, 2.24) is 9.13 Å². The number of benzene rings is 3. The number of nitrogens with one attached hydrogen (secondary N) is 1. The van der Waals surface area contributed by atoms with Gasteiger partial charge in [0.05, 0.1) is 21.7 Å². The second kappa shape index (κ2) is 9.36. The molecule has 1 N–H and O–H groups in total. The summed E-state index contributed by atoms with van der Waals surface area (Å²) in [7, 11) is -2.35. The van der Waals surface area contributed by atoms with Gasteiger partial charge >= 0.3 is 5.69 Å². The Morgan fingerprint density at radius 3 is 2.32 bits per heavy atom. The van der Waals surface area contributed by atoms with Gasteiger partial charge in [0.2, 0.25) is 5.91 Å². The summed E-state index contributed by atoms with van der Waals surface area (Å²) in [5.41, 5.74) is 1.78. The number of carbonyl (C=O) groups excluding carboxylic acids is 1. The zero-order chi connectivity index (χ0) is 24.5. The Morgan fingerprint density at radius 1 is 1.00 bits per heavy atom. The van der Waals surface area contributed by atoms with E-state index in [0.29, 0.717) is 16.7 Å². The molecule has 0 aliphatic heterocycles. The number of halogens is 1. The van der Waals surface area contributed by atoms with Gasteiger partial charge in [0.25, 0.3) is 10.0 Å². The number of hydrogen-bond donors (Lipinski definition) is 1. The molecule has 3 aromatic carbocycles. The minimum absolute atomic E-state index is 0.0395. The normalized spacial score (nSPS) is 11.5. The molecular weight excluding hydrogens is 476 g/mol. The first-order valence-electron chi connectivity index (χ1n) is 10.6. The summed E-state index contributed by atoms with van der Waals surface area (Å²) < 4.78 is 30.9. The molecule has 0 saturated carbocycles. The van der Waals surface area contributed by atoms with E-state index < -0.39 is 15.9 Å². The highest BCUT2D eigenvalue weighted by atomic mass is 35.5. The Hall–Kier alpha value is -3.56. The molecule has 0 aliphatic rings. The lowest BCUT2D eigenvalue weighted by Gasteiger charge is -2.23. The lowest BCUT2D eigenvalue weighted by Crippen LogP contribution is -2.31. The quantitative estimate of drug-likeness (QED) is 0.419. The number of sulfonamides is 1. The summed E-state index contributed by atoms with van der Waals surface area (Å²) in [6, 6.07) is 20.1. The standard InChI is InChI=1S/C24H23ClN4O4S/c1-3-29(18-9-5-4-6-10-18)34(32,33)22-15-17(13-14-19(22)25)26-23(30)16-28-21-12-8-7-11-20(21)27(2)24(28)31/h4-15H,3,16H2,1-2H3,(H,26,30). The first kappa shape index (κ1) is 23.6. The van der Waals surface area contributed by atoms with Crippen molar-refractivity contribution in [2.45, 2.75) is 18.4 Å². The van der Waals surface area contributed by atoms with E-state index in [0.717, 1.165) is 0 Å². The number of para-hydroxylation sites is 3. The molecule has 176 valence electrons. The third kappa shape index (κ3) is 4.32. The summed E-state index contributed by atoms with van der Waals surface area (Å²) in [6.07, 6.45) is 0. The smallest absolute Gasteiger partial charge is 0.324 e. The fourth-order valence-electron chi connectivity index (χ4n) is 3.84. The van der Waals surface area contributed by atoms with Crippen LogP contribution in [0.15, 0.2) is 82.5 Å². The van der Waals surface area contributed by atoms with Crippen LogP contribution in [0.1, 0.15) is 6.92 Å². The van der Waals surface area contributed by atoms with Gasteiger partial charge in [-0.15, -0.1) is 0 Å². The molecule has 10 heteroatoms. The van der Waals surface area contributed by atoms with Crippen LogP contribution in [0.5, 0.6) is 0 Å². The van der Waals surface area contributed by atoms with Crippen LogP contribution >= 0.6 is 11.6 Å². The number of aromatic nitrogens is 2. The Bertz CT molecular complexity index is 1530. The topological polar surface area (TPSA) is 93.4 Å². The van der Waals surface area contributed by atoms with Crippen molar-refractivity contribution in [1.29, 1.82) is 0 Å². The monoisotopic (exact) mass is 498 g/mol. The van der Waals surface area contributed by atoms with E-state index in [2.05, 4.69) is 5.32 Å². The maximum absolute atomic E-state index is 13.4. The third-order valence-electron chi connectivity index (χ3n) is 5.47. The number of nitrogens with zero attached hydrogens (tertiary/aromatic N) is 3. The van der Waals surface area contributed by atoms with E-state index in [4.69, 9.17) is 11.6 Å². The lowest BCUT2D eigenvalue weighted by molar-refractivity contribution is -0.116. The van der Waals surface area contributed by atoms with Crippen LogP contribution in [-0.2, 0) is 28.4 Å². The van der Waals surface area contributed by atoms with Crippen molar-refractivity contribution in [3.8, 4) is 0 Å². The van der Waals surface area contributed by atoms with E-state index in [1.807, 2.05) is 6.07 Å². The molecule has 1 amide bonds. The maximum atomic E-state index is 13.4. The molecule has 1 aromatic heterocycles. The fraction of sp³-hybridized carbons (Fsp3) is 0.167. The van der Waals surface area contributed by atoms with Gasteiger partial charge in [-0.25, -0.2) is 13.2 Å². The van der Waals surface area contributed by atoms with Gasteiger partial charge in [0.15, 0.2) is 0 Å². The maximum Gasteiger partial charge on any atom is 0.329 e. The molecule has 34 heavy (non-hydrogen) atoms. The largest absolute Gasteiger partial charge is 0.329 e. The highest BCUT2D eigenvalue weighted by molar-refractivity contribution is 7.93. The molecule has 0 fully saturated rings. The molecule has 4 aromatic rings. The number of aryl methyl sites for hydroxylation is 1. The molecule has 1 heterocycles. The number of rotatable bonds is 7. The Morgan fingerprint density at radius 2 is 1.65 bits per heavy atom. The second-order valence-corrected chi connectivity index (χ2v) is 9.85. The molecule has 0 unspecified atom stereocenters.